The molecule has 0 fully saturated rings. The Labute approximate surface area is 68.5 Å². The lowest BCUT2D eigenvalue weighted by atomic mass is 9.91. The molecule has 0 amide bonds. The second-order valence-electron chi connectivity index (χ2n) is 2.86. The predicted octanol–water partition coefficient (Wildman–Crippen LogP) is 2.13. The second-order valence-corrected chi connectivity index (χ2v) is 2.86. The van der Waals surface area contributed by atoms with Crippen LogP contribution >= 0.6 is 0 Å². The van der Waals surface area contributed by atoms with Crippen molar-refractivity contribution in [3.05, 3.63) is 12.2 Å². The van der Waals surface area contributed by atoms with Crippen LogP contribution < -0.4 is 5.73 Å². The maximum Gasteiger partial charge on any atom is 0.0897 e. The van der Waals surface area contributed by atoms with E-state index >= 15 is 0 Å². The van der Waals surface area contributed by atoms with E-state index in [1.165, 1.54) is 0 Å². The van der Waals surface area contributed by atoms with Crippen LogP contribution in [0.1, 0.15) is 20.3 Å². The predicted molar refractivity (Wildman–Crippen MR) is 47.1 cm³/mol. The molecule has 1 unspecified atom stereocenters. The van der Waals surface area contributed by atoms with Crippen molar-refractivity contribution in [2.45, 2.75) is 20.3 Å². The molecule has 2 N–H and O–H groups in total. The summed E-state index contributed by atoms with van der Waals surface area (Å²) in [6, 6.07) is 0. The quantitative estimate of drug-likeness (QED) is 0.611. The van der Waals surface area contributed by atoms with Gasteiger partial charge in [-0.15, -0.1) is 0 Å². The van der Waals surface area contributed by atoms with Crippen LogP contribution in [0.3, 0.4) is 0 Å². The van der Waals surface area contributed by atoms with Crippen LogP contribution in [0.5, 0.6) is 0 Å². The largest absolute Gasteiger partial charge is 0.330 e. The summed E-state index contributed by atoms with van der Waals surface area (Å²) >= 11 is 0. The van der Waals surface area contributed by atoms with Gasteiger partial charge in [-0.1, -0.05) is 19.1 Å². The highest BCUT2D eigenvalue weighted by Crippen LogP contribution is 2.15. The molecule has 0 aromatic rings. The second kappa shape index (κ2) is 6.35. The molecule has 0 aromatic heterocycles. The van der Waals surface area contributed by atoms with Crippen molar-refractivity contribution < 1.29 is 4.39 Å². The minimum absolute atomic E-state index is 0.260. The van der Waals surface area contributed by atoms with Crippen molar-refractivity contribution in [2.75, 3.05) is 13.2 Å². The molecule has 0 saturated carbocycles. The van der Waals surface area contributed by atoms with Gasteiger partial charge in [0.2, 0.25) is 0 Å². The van der Waals surface area contributed by atoms with Gasteiger partial charge in [-0.25, -0.2) is 0 Å². The summed E-state index contributed by atoms with van der Waals surface area (Å²) in [5, 5.41) is 0. The van der Waals surface area contributed by atoms with Crippen molar-refractivity contribution in [1.82, 2.24) is 0 Å². The maximum atomic E-state index is 12.0. The third-order valence-corrected chi connectivity index (χ3v) is 2.02. The number of alkyl halides is 1. The zero-order valence-corrected chi connectivity index (χ0v) is 7.39. The van der Waals surface area contributed by atoms with Crippen molar-refractivity contribution in [1.29, 1.82) is 0 Å². The summed E-state index contributed by atoms with van der Waals surface area (Å²) in [6.45, 7) is 4.37. The lowest BCUT2D eigenvalue weighted by Gasteiger charge is -2.17. The van der Waals surface area contributed by atoms with E-state index < -0.39 is 0 Å². The molecule has 1 nitrogen and oxygen atoms in total. The van der Waals surface area contributed by atoms with Gasteiger partial charge in [0.15, 0.2) is 0 Å². The normalized spacial score (nSPS) is 17.1. The van der Waals surface area contributed by atoms with Gasteiger partial charge < -0.3 is 5.73 Å². The van der Waals surface area contributed by atoms with E-state index in [0.717, 1.165) is 0 Å². The van der Waals surface area contributed by atoms with Crippen LogP contribution in [0.15, 0.2) is 12.2 Å². The van der Waals surface area contributed by atoms with Crippen LogP contribution in [0, 0.1) is 11.8 Å². The van der Waals surface area contributed by atoms with E-state index in [9.17, 15) is 4.39 Å². The molecule has 0 aliphatic heterocycles. The Morgan fingerprint density at radius 1 is 1.55 bits per heavy atom. The van der Waals surface area contributed by atoms with Crippen molar-refractivity contribution in [3.8, 4) is 0 Å². The van der Waals surface area contributed by atoms with Crippen molar-refractivity contribution >= 4 is 0 Å². The lowest BCUT2D eigenvalue weighted by molar-refractivity contribution is 0.341. The highest BCUT2D eigenvalue weighted by atomic mass is 19.1. The summed E-state index contributed by atoms with van der Waals surface area (Å²) in [5.74, 6) is 0.706. The summed E-state index contributed by atoms with van der Waals surface area (Å²) in [4.78, 5) is 0. The summed E-state index contributed by atoms with van der Waals surface area (Å²) < 4.78 is 12.0. The summed E-state index contributed by atoms with van der Waals surface area (Å²) in [7, 11) is 0. The Morgan fingerprint density at radius 2 is 2.18 bits per heavy atom. The standard InChI is InChI=1S/C9H18FN/c1-3-4-8(2)9(7-11)5-6-10/h3-4,8-9H,5-7,11H2,1-2H3/b4-3-/t8-,9?/m1/s1. The van der Waals surface area contributed by atoms with Gasteiger partial charge in [-0.3, -0.25) is 4.39 Å². The zero-order valence-electron chi connectivity index (χ0n) is 7.39. The average Bonchev–Trinajstić information content (AvgIpc) is 2.00. The van der Waals surface area contributed by atoms with Crippen LogP contribution in [0.4, 0.5) is 4.39 Å². The number of nitrogens with two attached hydrogens (primary N) is 1. The number of halogens is 1. The number of hydrogen-bond donors (Lipinski definition) is 1. The third kappa shape index (κ3) is 4.14. The zero-order chi connectivity index (χ0) is 8.69. The van der Waals surface area contributed by atoms with Crippen LogP contribution in [-0.2, 0) is 0 Å². The van der Waals surface area contributed by atoms with E-state index in [1.54, 1.807) is 0 Å². The molecule has 0 aliphatic rings. The molecule has 0 aliphatic carbocycles. The first-order valence-corrected chi connectivity index (χ1v) is 4.15. The fourth-order valence-electron chi connectivity index (χ4n) is 1.20. The van der Waals surface area contributed by atoms with E-state index in [-0.39, 0.29) is 6.67 Å². The summed E-state index contributed by atoms with van der Waals surface area (Å²) in [5.41, 5.74) is 5.49. The van der Waals surface area contributed by atoms with Gasteiger partial charge in [-0.05, 0) is 31.7 Å². The monoisotopic (exact) mass is 159 g/mol. The number of rotatable bonds is 5. The van der Waals surface area contributed by atoms with Crippen LogP contribution in [0.2, 0.25) is 0 Å². The minimum Gasteiger partial charge on any atom is -0.330 e. The topological polar surface area (TPSA) is 26.0 Å². The molecule has 2 heteroatoms. The number of hydrogen-bond acceptors (Lipinski definition) is 1. The molecule has 0 spiro atoms. The molecule has 2 atom stereocenters. The van der Waals surface area contributed by atoms with E-state index in [2.05, 4.69) is 13.0 Å². The van der Waals surface area contributed by atoms with E-state index in [0.29, 0.717) is 24.8 Å². The molecule has 11 heavy (non-hydrogen) atoms. The molecule has 0 bridgehead atoms. The van der Waals surface area contributed by atoms with Gasteiger partial charge >= 0.3 is 0 Å². The Kier molecular flexibility index (Phi) is 6.13. The van der Waals surface area contributed by atoms with Crippen LogP contribution in [0.25, 0.3) is 0 Å². The van der Waals surface area contributed by atoms with Gasteiger partial charge in [0.25, 0.3) is 0 Å². The van der Waals surface area contributed by atoms with E-state index in [4.69, 9.17) is 5.73 Å². The smallest absolute Gasteiger partial charge is 0.0897 e. The molecular formula is C9H18FN. The van der Waals surface area contributed by atoms with Gasteiger partial charge in [0.1, 0.15) is 0 Å². The van der Waals surface area contributed by atoms with Crippen molar-refractivity contribution in [2.24, 2.45) is 17.6 Å². The molecule has 0 saturated heterocycles. The molecule has 66 valence electrons. The highest BCUT2D eigenvalue weighted by molar-refractivity contribution is 4.87. The SMILES string of the molecule is C/C=C\[C@@H](C)C(CN)CCF. The van der Waals surface area contributed by atoms with E-state index in [1.807, 2.05) is 13.0 Å². The molecule has 0 radical (unpaired) electrons. The Morgan fingerprint density at radius 3 is 2.55 bits per heavy atom. The van der Waals surface area contributed by atoms with Gasteiger partial charge in [0.05, 0.1) is 6.67 Å². The molecule has 0 heterocycles. The molecular weight excluding hydrogens is 141 g/mol. The Balaban J connectivity index is 3.80. The van der Waals surface area contributed by atoms with Gasteiger partial charge in [-0.2, -0.15) is 0 Å². The molecule has 0 rings (SSSR count). The Bertz CT molecular complexity index is 112. The van der Waals surface area contributed by atoms with Gasteiger partial charge in [0, 0.05) is 0 Å². The highest BCUT2D eigenvalue weighted by Gasteiger charge is 2.11. The first kappa shape index (κ1) is 10.6. The average molecular weight is 159 g/mol. The van der Waals surface area contributed by atoms with Crippen molar-refractivity contribution in [3.63, 3.8) is 0 Å². The first-order valence-electron chi connectivity index (χ1n) is 4.15. The Hall–Kier alpha value is -0.370. The first-order chi connectivity index (χ1) is 5.26. The lowest BCUT2D eigenvalue weighted by Crippen LogP contribution is -2.20. The third-order valence-electron chi connectivity index (χ3n) is 2.02. The minimum atomic E-state index is -0.260. The molecule has 0 aromatic carbocycles. The fourth-order valence-corrected chi connectivity index (χ4v) is 1.20. The number of allylic oxidation sites excluding steroid dienone is 2. The van der Waals surface area contributed by atoms with Crippen LogP contribution in [-0.4, -0.2) is 13.2 Å². The fraction of sp³-hybridized carbons (Fsp3) is 0.778. The maximum absolute atomic E-state index is 12.0. The summed E-state index contributed by atoms with van der Waals surface area (Å²) in [6.07, 6.45) is 4.65.